The number of benzene rings is 2. The molecule has 0 saturated heterocycles. The Morgan fingerprint density at radius 3 is 2.54 bits per heavy atom. The van der Waals surface area contributed by atoms with Crippen molar-refractivity contribution in [2.45, 2.75) is 24.4 Å². The number of nitriles is 1. The second-order valence-electron chi connectivity index (χ2n) is 5.59. The Morgan fingerprint density at radius 1 is 1.25 bits per heavy atom. The summed E-state index contributed by atoms with van der Waals surface area (Å²) >= 11 is 1.71. The van der Waals surface area contributed by atoms with Crippen LogP contribution in [-0.4, -0.2) is 30.2 Å². The topological polar surface area (TPSA) is 56.1 Å². The molecule has 0 bridgehead atoms. The zero-order chi connectivity index (χ0) is 17.5. The molecule has 1 unspecified atom stereocenters. The molecule has 4 nitrogen and oxygen atoms in total. The molecule has 2 aromatic rings. The fourth-order valence-corrected chi connectivity index (χ4v) is 2.69. The number of nitrogens with one attached hydrogen (secondary N) is 1. The predicted octanol–water partition coefficient (Wildman–Crippen LogP) is 3.74. The van der Waals surface area contributed by atoms with E-state index in [1.165, 1.54) is 4.90 Å². The van der Waals surface area contributed by atoms with E-state index in [1.54, 1.807) is 36.0 Å². The summed E-state index contributed by atoms with van der Waals surface area (Å²) in [7, 11) is 1.92. The number of likely N-dealkylation sites (N-methyl/N-ethyl adjacent to an activating group) is 1. The third kappa shape index (κ3) is 4.60. The van der Waals surface area contributed by atoms with E-state index >= 15 is 0 Å². The molecule has 2 aromatic carbocycles. The minimum Gasteiger partial charge on any atom is -0.324 e. The highest BCUT2D eigenvalue weighted by atomic mass is 32.2. The van der Waals surface area contributed by atoms with Gasteiger partial charge in [-0.1, -0.05) is 24.3 Å². The average molecular weight is 339 g/mol. The number of rotatable bonds is 6. The van der Waals surface area contributed by atoms with Gasteiger partial charge in [-0.3, -0.25) is 9.69 Å². The van der Waals surface area contributed by atoms with Gasteiger partial charge in [-0.25, -0.2) is 0 Å². The Kier molecular flexibility index (Phi) is 6.42. The van der Waals surface area contributed by atoms with E-state index in [-0.39, 0.29) is 11.9 Å². The van der Waals surface area contributed by atoms with Crippen molar-refractivity contribution in [2.24, 2.45) is 0 Å². The van der Waals surface area contributed by atoms with E-state index in [2.05, 4.69) is 35.7 Å². The zero-order valence-corrected chi connectivity index (χ0v) is 14.9. The molecule has 0 radical (unpaired) electrons. The molecule has 24 heavy (non-hydrogen) atoms. The van der Waals surface area contributed by atoms with Crippen LogP contribution in [0.25, 0.3) is 0 Å². The molecule has 2 rings (SSSR count). The molecule has 0 saturated carbocycles. The van der Waals surface area contributed by atoms with Gasteiger partial charge in [0.25, 0.3) is 0 Å². The van der Waals surface area contributed by atoms with E-state index in [1.807, 2.05) is 25.1 Å². The van der Waals surface area contributed by atoms with Gasteiger partial charge in [0.05, 0.1) is 17.3 Å². The van der Waals surface area contributed by atoms with Crippen LogP contribution >= 0.6 is 11.8 Å². The van der Waals surface area contributed by atoms with Crippen molar-refractivity contribution in [2.75, 3.05) is 18.6 Å². The van der Waals surface area contributed by atoms with E-state index in [0.29, 0.717) is 17.8 Å². The fraction of sp³-hybridized carbons (Fsp3) is 0.263. The van der Waals surface area contributed by atoms with Crippen molar-refractivity contribution in [3.05, 3.63) is 59.7 Å². The Bertz CT molecular complexity index is 737. The van der Waals surface area contributed by atoms with Crippen molar-refractivity contribution >= 4 is 23.4 Å². The third-order valence-corrected chi connectivity index (χ3v) is 4.68. The molecule has 1 amide bonds. The van der Waals surface area contributed by atoms with E-state index < -0.39 is 0 Å². The highest BCUT2D eigenvalue weighted by Gasteiger charge is 2.19. The van der Waals surface area contributed by atoms with Gasteiger partial charge in [0, 0.05) is 11.4 Å². The Balaban J connectivity index is 2.00. The van der Waals surface area contributed by atoms with Gasteiger partial charge in [-0.05, 0) is 50.1 Å². The summed E-state index contributed by atoms with van der Waals surface area (Å²) in [6.45, 7) is 2.55. The largest absolute Gasteiger partial charge is 0.324 e. The molecule has 0 aliphatic carbocycles. The first-order valence-electron chi connectivity index (χ1n) is 7.68. The number of carbonyl (C=O) groups is 1. The Labute approximate surface area is 147 Å². The standard InChI is InChI=1S/C19H21N3OS/c1-14(19(23)21-18-7-5-4-6-16(18)12-20)22(2)13-15-8-10-17(24-3)11-9-15/h4-11,14H,13H2,1-3H3,(H,21,23). The number of carbonyl (C=O) groups excluding carboxylic acids is 1. The van der Waals surface area contributed by atoms with Crippen molar-refractivity contribution < 1.29 is 4.79 Å². The molecule has 0 aliphatic rings. The van der Waals surface area contributed by atoms with E-state index in [9.17, 15) is 4.79 Å². The monoisotopic (exact) mass is 339 g/mol. The van der Waals surface area contributed by atoms with Crippen LogP contribution < -0.4 is 5.32 Å². The van der Waals surface area contributed by atoms with Gasteiger partial charge in [0.15, 0.2) is 0 Å². The van der Waals surface area contributed by atoms with Crippen LogP contribution in [0.3, 0.4) is 0 Å². The lowest BCUT2D eigenvalue weighted by atomic mass is 10.1. The smallest absolute Gasteiger partial charge is 0.241 e. The van der Waals surface area contributed by atoms with Crippen molar-refractivity contribution in [3.8, 4) is 6.07 Å². The number of para-hydroxylation sites is 1. The molecule has 0 aromatic heterocycles. The molecule has 5 heteroatoms. The van der Waals surface area contributed by atoms with Crippen LogP contribution in [0.4, 0.5) is 5.69 Å². The predicted molar refractivity (Wildman–Crippen MR) is 98.9 cm³/mol. The van der Waals surface area contributed by atoms with E-state index in [0.717, 1.165) is 5.56 Å². The number of hydrogen-bond donors (Lipinski definition) is 1. The van der Waals surface area contributed by atoms with Crippen LogP contribution in [0.5, 0.6) is 0 Å². The molecule has 0 aliphatic heterocycles. The number of nitrogens with zero attached hydrogens (tertiary/aromatic N) is 2. The second-order valence-corrected chi connectivity index (χ2v) is 6.47. The fourth-order valence-electron chi connectivity index (χ4n) is 2.28. The SMILES string of the molecule is CSc1ccc(CN(C)C(C)C(=O)Nc2ccccc2C#N)cc1. The maximum atomic E-state index is 12.4. The van der Waals surface area contributed by atoms with Gasteiger partial charge in [-0.15, -0.1) is 11.8 Å². The maximum Gasteiger partial charge on any atom is 0.241 e. The normalized spacial score (nSPS) is 11.8. The quantitative estimate of drug-likeness (QED) is 0.815. The maximum absolute atomic E-state index is 12.4. The summed E-state index contributed by atoms with van der Waals surface area (Å²) in [5, 5.41) is 11.9. The first-order chi connectivity index (χ1) is 11.5. The number of amides is 1. The van der Waals surface area contributed by atoms with Gasteiger partial charge in [-0.2, -0.15) is 5.26 Å². The van der Waals surface area contributed by atoms with Crippen molar-refractivity contribution in [1.82, 2.24) is 4.90 Å². The first-order valence-corrected chi connectivity index (χ1v) is 8.90. The van der Waals surface area contributed by atoms with Crippen LogP contribution in [0.1, 0.15) is 18.1 Å². The summed E-state index contributed by atoms with van der Waals surface area (Å²) in [6, 6.07) is 17.1. The Hall–Kier alpha value is -2.29. The number of hydrogen-bond acceptors (Lipinski definition) is 4. The highest BCUT2D eigenvalue weighted by Crippen LogP contribution is 2.17. The molecular formula is C19H21N3OS. The highest BCUT2D eigenvalue weighted by molar-refractivity contribution is 7.98. The molecule has 1 atom stereocenters. The molecule has 0 heterocycles. The summed E-state index contributed by atoms with van der Waals surface area (Å²) in [5.41, 5.74) is 2.18. The van der Waals surface area contributed by atoms with Gasteiger partial charge < -0.3 is 5.32 Å². The zero-order valence-electron chi connectivity index (χ0n) is 14.1. The van der Waals surface area contributed by atoms with Crippen molar-refractivity contribution in [3.63, 3.8) is 0 Å². The summed E-state index contributed by atoms with van der Waals surface area (Å²) < 4.78 is 0. The first kappa shape index (κ1) is 18.1. The minimum atomic E-state index is -0.308. The Morgan fingerprint density at radius 2 is 1.92 bits per heavy atom. The lowest BCUT2D eigenvalue weighted by Crippen LogP contribution is -2.39. The number of anilines is 1. The van der Waals surface area contributed by atoms with Crippen LogP contribution in [0.15, 0.2) is 53.4 Å². The van der Waals surface area contributed by atoms with Gasteiger partial charge >= 0.3 is 0 Å². The third-order valence-electron chi connectivity index (χ3n) is 3.94. The van der Waals surface area contributed by atoms with Gasteiger partial charge in [0.2, 0.25) is 5.91 Å². The molecule has 0 fully saturated rings. The summed E-state index contributed by atoms with van der Waals surface area (Å²) in [4.78, 5) is 15.7. The lowest BCUT2D eigenvalue weighted by Gasteiger charge is -2.24. The summed E-state index contributed by atoms with van der Waals surface area (Å²) in [6.07, 6.45) is 2.05. The summed E-state index contributed by atoms with van der Waals surface area (Å²) in [5.74, 6) is -0.124. The average Bonchev–Trinajstić information content (AvgIpc) is 2.62. The van der Waals surface area contributed by atoms with Crippen LogP contribution in [-0.2, 0) is 11.3 Å². The second kappa shape index (κ2) is 8.53. The van der Waals surface area contributed by atoms with Crippen molar-refractivity contribution in [1.29, 1.82) is 5.26 Å². The minimum absolute atomic E-state index is 0.124. The lowest BCUT2D eigenvalue weighted by molar-refractivity contribution is -0.120. The molecule has 124 valence electrons. The van der Waals surface area contributed by atoms with Crippen LogP contribution in [0.2, 0.25) is 0 Å². The van der Waals surface area contributed by atoms with Crippen LogP contribution in [0, 0.1) is 11.3 Å². The number of thioether (sulfide) groups is 1. The van der Waals surface area contributed by atoms with E-state index in [4.69, 9.17) is 5.26 Å². The van der Waals surface area contributed by atoms with Gasteiger partial charge in [0.1, 0.15) is 6.07 Å². The molecule has 1 N–H and O–H groups in total. The molecular weight excluding hydrogens is 318 g/mol. The molecule has 0 spiro atoms.